The van der Waals surface area contributed by atoms with Gasteiger partial charge in [0, 0.05) is 13.1 Å². The van der Waals surface area contributed by atoms with Crippen LogP contribution in [0.5, 0.6) is 11.5 Å². The fraction of sp³-hybridized carbons (Fsp3) is 0.188. The number of aromatic carboxylic acids is 1. The summed E-state index contributed by atoms with van der Waals surface area (Å²) in [5.41, 5.74) is 2.16. The molecule has 0 amide bonds. The van der Waals surface area contributed by atoms with Crippen molar-refractivity contribution < 1.29 is 20.1 Å². The van der Waals surface area contributed by atoms with Crippen molar-refractivity contribution in [1.29, 1.82) is 0 Å². The maximum atomic E-state index is 10.8. The lowest BCUT2D eigenvalue weighted by Gasteiger charge is -2.17. The molecule has 21 heavy (non-hydrogen) atoms. The third-order valence-corrected chi connectivity index (χ3v) is 3.15. The van der Waals surface area contributed by atoms with E-state index in [1.807, 2.05) is 11.9 Å². The van der Waals surface area contributed by atoms with Crippen molar-refractivity contribution in [2.75, 3.05) is 7.05 Å². The van der Waals surface area contributed by atoms with Gasteiger partial charge in [0.1, 0.15) is 0 Å². The molecule has 0 aromatic heterocycles. The predicted molar refractivity (Wildman–Crippen MR) is 78.3 cm³/mol. The summed E-state index contributed by atoms with van der Waals surface area (Å²) in [5.74, 6) is -1.20. The normalized spacial score (nSPS) is 10.8. The van der Waals surface area contributed by atoms with Crippen LogP contribution in [0.3, 0.4) is 0 Å². The standard InChI is InChI=1S/C16H17NO4/c1-17(10-12-4-7-14(18)15(19)8-12)9-11-2-5-13(6-3-11)16(20)21/h2-8,18-19H,9-10H2,1H3,(H,20,21). The van der Waals surface area contributed by atoms with Crippen LogP contribution < -0.4 is 0 Å². The van der Waals surface area contributed by atoms with E-state index in [0.29, 0.717) is 13.1 Å². The summed E-state index contributed by atoms with van der Waals surface area (Å²) in [6.07, 6.45) is 0. The van der Waals surface area contributed by atoms with Gasteiger partial charge in [-0.2, -0.15) is 0 Å². The van der Waals surface area contributed by atoms with Gasteiger partial charge in [0.05, 0.1) is 5.56 Å². The molecular weight excluding hydrogens is 270 g/mol. The van der Waals surface area contributed by atoms with Crippen molar-refractivity contribution in [1.82, 2.24) is 4.90 Å². The largest absolute Gasteiger partial charge is 0.504 e. The van der Waals surface area contributed by atoms with Crippen molar-refractivity contribution in [2.24, 2.45) is 0 Å². The van der Waals surface area contributed by atoms with E-state index in [1.54, 1.807) is 30.3 Å². The smallest absolute Gasteiger partial charge is 0.335 e. The number of rotatable bonds is 5. The topological polar surface area (TPSA) is 81.0 Å². The Morgan fingerprint density at radius 3 is 2.10 bits per heavy atom. The third-order valence-electron chi connectivity index (χ3n) is 3.15. The summed E-state index contributed by atoms with van der Waals surface area (Å²) in [6.45, 7) is 1.26. The minimum atomic E-state index is -0.936. The van der Waals surface area contributed by atoms with Gasteiger partial charge in [-0.15, -0.1) is 0 Å². The zero-order valence-corrected chi connectivity index (χ0v) is 11.7. The van der Waals surface area contributed by atoms with E-state index in [9.17, 15) is 15.0 Å². The summed E-state index contributed by atoms with van der Waals surface area (Å²) in [7, 11) is 1.93. The average molecular weight is 287 g/mol. The molecule has 0 saturated heterocycles. The van der Waals surface area contributed by atoms with E-state index in [0.717, 1.165) is 11.1 Å². The second kappa shape index (κ2) is 6.28. The molecule has 5 nitrogen and oxygen atoms in total. The molecule has 0 atom stereocenters. The van der Waals surface area contributed by atoms with Gasteiger partial charge >= 0.3 is 5.97 Å². The number of benzene rings is 2. The van der Waals surface area contributed by atoms with Crippen molar-refractivity contribution in [3.05, 3.63) is 59.2 Å². The van der Waals surface area contributed by atoms with E-state index in [4.69, 9.17) is 5.11 Å². The fourth-order valence-electron chi connectivity index (χ4n) is 2.10. The van der Waals surface area contributed by atoms with Crippen LogP contribution in [0.1, 0.15) is 21.5 Å². The summed E-state index contributed by atoms with van der Waals surface area (Å²) < 4.78 is 0. The number of carboxylic acid groups (broad SMARTS) is 1. The SMILES string of the molecule is CN(Cc1ccc(C(=O)O)cc1)Cc1ccc(O)c(O)c1. The molecule has 0 unspecified atom stereocenters. The fourth-order valence-corrected chi connectivity index (χ4v) is 2.10. The lowest BCUT2D eigenvalue weighted by Crippen LogP contribution is -2.17. The van der Waals surface area contributed by atoms with E-state index in [2.05, 4.69) is 0 Å². The van der Waals surface area contributed by atoms with Crippen LogP contribution in [-0.4, -0.2) is 33.2 Å². The van der Waals surface area contributed by atoms with Gasteiger partial charge in [0.25, 0.3) is 0 Å². The van der Waals surface area contributed by atoms with Crippen molar-refractivity contribution in [3.8, 4) is 11.5 Å². The van der Waals surface area contributed by atoms with Crippen molar-refractivity contribution in [3.63, 3.8) is 0 Å². The molecule has 3 N–H and O–H groups in total. The van der Waals surface area contributed by atoms with E-state index >= 15 is 0 Å². The van der Waals surface area contributed by atoms with Crippen LogP contribution in [0.4, 0.5) is 0 Å². The first-order chi connectivity index (χ1) is 9.95. The molecule has 2 aromatic rings. The van der Waals surface area contributed by atoms with Gasteiger partial charge in [-0.3, -0.25) is 4.90 Å². The molecule has 0 bridgehead atoms. The Labute approximate surface area is 122 Å². The second-order valence-electron chi connectivity index (χ2n) is 5.00. The molecular formula is C16H17NO4. The number of hydrogen-bond donors (Lipinski definition) is 3. The van der Waals surface area contributed by atoms with Gasteiger partial charge in [-0.1, -0.05) is 18.2 Å². The summed E-state index contributed by atoms with van der Waals surface area (Å²) in [4.78, 5) is 12.8. The minimum absolute atomic E-state index is 0.133. The van der Waals surface area contributed by atoms with Gasteiger partial charge < -0.3 is 15.3 Å². The lowest BCUT2D eigenvalue weighted by atomic mass is 10.1. The molecule has 110 valence electrons. The van der Waals surface area contributed by atoms with Crippen LogP contribution in [0.15, 0.2) is 42.5 Å². The second-order valence-corrected chi connectivity index (χ2v) is 5.00. The van der Waals surface area contributed by atoms with Crippen LogP contribution in [0.2, 0.25) is 0 Å². The van der Waals surface area contributed by atoms with Crippen LogP contribution >= 0.6 is 0 Å². The molecule has 0 fully saturated rings. The summed E-state index contributed by atoms with van der Waals surface area (Å²) >= 11 is 0. The molecule has 0 radical (unpaired) electrons. The molecule has 2 rings (SSSR count). The van der Waals surface area contributed by atoms with Gasteiger partial charge in [0.15, 0.2) is 11.5 Å². The molecule has 0 heterocycles. The first-order valence-corrected chi connectivity index (χ1v) is 6.47. The number of phenols is 2. The Morgan fingerprint density at radius 1 is 0.952 bits per heavy atom. The first-order valence-electron chi connectivity index (χ1n) is 6.47. The maximum Gasteiger partial charge on any atom is 0.335 e. The van der Waals surface area contributed by atoms with Crippen LogP contribution in [-0.2, 0) is 13.1 Å². The number of nitrogens with zero attached hydrogens (tertiary/aromatic N) is 1. The molecule has 0 aliphatic heterocycles. The molecule has 0 aliphatic carbocycles. The van der Waals surface area contributed by atoms with Gasteiger partial charge in [-0.25, -0.2) is 4.79 Å². The van der Waals surface area contributed by atoms with Crippen molar-refractivity contribution >= 4 is 5.97 Å². The van der Waals surface area contributed by atoms with Crippen LogP contribution in [0.25, 0.3) is 0 Å². The molecule has 0 aliphatic rings. The zero-order chi connectivity index (χ0) is 15.4. The first kappa shape index (κ1) is 14.9. The quantitative estimate of drug-likeness (QED) is 0.736. The highest BCUT2D eigenvalue weighted by molar-refractivity contribution is 5.87. The highest BCUT2D eigenvalue weighted by Gasteiger charge is 2.06. The Morgan fingerprint density at radius 2 is 1.52 bits per heavy atom. The average Bonchev–Trinajstić information content (AvgIpc) is 2.43. The Hall–Kier alpha value is -2.53. The Bertz CT molecular complexity index is 637. The Kier molecular flexibility index (Phi) is 4.45. The zero-order valence-electron chi connectivity index (χ0n) is 11.7. The highest BCUT2D eigenvalue weighted by atomic mass is 16.4. The number of carboxylic acids is 1. The third kappa shape index (κ3) is 3.97. The maximum absolute atomic E-state index is 10.8. The van der Waals surface area contributed by atoms with E-state index < -0.39 is 5.97 Å². The monoisotopic (exact) mass is 287 g/mol. The number of carbonyl (C=O) groups is 1. The molecule has 0 saturated carbocycles. The highest BCUT2D eigenvalue weighted by Crippen LogP contribution is 2.25. The molecule has 2 aromatic carbocycles. The molecule has 5 heteroatoms. The number of phenolic OH excluding ortho intramolecular Hbond substituents is 2. The lowest BCUT2D eigenvalue weighted by molar-refractivity contribution is 0.0697. The van der Waals surface area contributed by atoms with E-state index in [-0.39, 0.29) is 17.1 Å². The number of hydrogen-bond acceptors (Lipinski definition) is 4. The predicted octanol–water partition coefficient (Wildman–Crippen LogP) is 2.43. The van der Waals surface area contributed by atoms with Crippen molar-refractivity contribution in [2.45, 2.75) is 13.1 Å². The number of aromatic hydroxyl groups is 2. The summed E-state index contributed by atoms with van der Waals surface area (Å²) in [6, 6.07) is 11.5. The Balaban J connectivity index is 1.99. The van der Waals surface area contributed by atoms with Gasteiger partial charge in [0.2, 0.25) is 0 Å². The van der Waals surface area contributed by atoms with E-state index in [1.165, 1.54) is 12.1 Å². The summed E-state index contributed by atoms with van der Waals surface area (Å²) in [5, 5.41) is 27.6. The minimum Gasteiger partial charge on any atom is -0.504 e. The van der Waals surface area contributed by atoms with Crippen LogP contribution in [0, 0.1) is 0 Å². The molecule has 0 spiro atoms. The van der Waals surface area contributed by atoms with Gasteiger partial charge in [-0.05, 0) is 42.4 Å².